The molecule has 2 heterocycles. The van der Waals surface area contributed by atoms with Crippen LogP contribution in [0.25, 0.3) is 0 Å². The van der Waals surface area contributed by atoms with Crippen LogP contribution in [0, 0.1) is 0 Å². The number of hydrogen-bond donors (Lipinski definition) is 0. The summed E-state index contributed by atoms with van der Waals surface area (Å²) in [5.74, 6) is 2.84. The average Bonchev–Trinajstić information content (AvgIpc) is 2.79. The van der Waals surface area contributed by atoms with E-state index in [9.17, 15) is 0 Å². The molecule has 0 saturated carbocycles. The molecule has 1 aliphatic heterocycles. The van der Waals surface area contributed by atoms with E-state index in [2.05, 4.69) is 28.7 Å². The lowest BCUT2D eigenvalue weighted by molar-refractivity contribution is 0.305. The number of hydrogen-bond acceptors (Lipinski definition) is 4. The van der Waals surface area contributed by atoms with Crippen LogP contribution in [0.15, 0.2) is 0 Å². The van der Waals surface area contributed by atoms with Crippen molar-refractivity contribution in [3.63, 3.8) is 0 Å². The largest absolute Gasteiger partial charge is 0.303 e. The lowest BCUT2D eigenvalue weighted by Crippen LogP contribution is -2.26. The molecule has 1 aromatic rings. The summed E-state index contributed by atoms with van der Waals surface area (Å²) in [5, 5.41) is 0.662. The minimum Gasteiger partial charge on any atom is -0.303 e. The van der Waals surface area contributed by atoms with E-state index >= 15 is 0 Å². The second-order valence-corrected chi connectivity index (χ2v) is 5.47. The zero-order valence-corrected chi connectivity index (χ0v) is 11.9. The fourth-order valence-corrected chi connectivity index (χ4v) is 3.36. The highest BCUT2D eigenvalue weighted by atomic mass is 35.5. The fourth-order valence-electron chi connectivity index (χ4n) is 1.97. The van der Waals surface area contributed by atoms with Gasteiger partial charge < -0.3 is 4.90 Å². The predicted octanol–water partition coefficient (Wildman–Crippen LogP) is 2.76. The molecule has 5 heteroatoms. The van der Waals surface area contributed by atoms with Crippen molar-refractivity contribution < 1.29 is 0 Å². The number of aromatic nitrogens is 2. The Kier molecular flexibility index (Phi) is 4.65. The first-order valence-corrected chi connectivity index (χ1v) is 7.62. The van der Waals surface area contributed by atoms with Crippen molar-refractivity contribution in [2.75, 3.05) is 19.6 Å². The number of nitrogens with zero attached hydrogens (tertiary/aromatic N) is 3. The van der Waals surface area contributed by atoms with Crippen molar-refractivity contribution >= 4 is 23.4 Å². The Morgan fingerprint density at radius 2 is 2.00 bits per heavy atom. The number of rotatable bonds is 5. The van der Waals surface area contributed by atoms with Gasteiger partial charge in [-0.05, 0) is 13.1 Å². The first-order valence-electron chi connectivity index (χ1n) is 6.08. The Bertz CT molecular complexity index is 394. The van der Waals surface area contributed by atoms with Gasteiger partial charge in [0, 0.05) is 30.0 Å². The van der Waals surface area contributed by atoms with Crippen LogP contribution in [0.4, 0.5) is 0 Å². The number of halogens is 1. The highest BCUT2D eigenvalue weighted by Gasteiger charge is 2.18. The second-order valence-electron chi connectivity index (χ2n) is 4.13. The molecule has 0 radical (unpaired) electrons. The van der Waals surface area contributed by atoms with Gasteiger partial charge in [-0.15, -0.1) is 0 Å². The quantitative estimate of drug-likeness (QED) is 0.770. The van der Waals surface area contributed by atoms with Gasteiger partial charge in [0.25, 0.3) is 0 Å². The number of likely N-dealkylation sites (N-methyl/N-ethyl adjacent to an activating group) is 1. The molecule has 2 rings (SSSR count). The predicted molar refractivity (Wildman–Crippen MR) is 73.5 cm³/mol. The Labute approximate surface area is 112 Å². The van der Waals surface area contributed by atoms with Gasteiger partial charge in [-0.2, -0.15) is 11.8 Å². The smallest absolute Gasteiger partial charge is 0.137 e. The average molecular weight is 272 g/mol. The SMILES string of the molecule is CCN(CC)CCc1nc(Cl)c2c(n1)CSC2. The topological polar surface area (TPSA) is 29.0 Å². The van der Waals surface area contributed by atoms with Gasteiger partial charge in [-0.25, -0.2) is 9.97 Å². The van der Waals surface area contributed by atoms with Crippen molar-refractivity contribution in [3.8, 4) is 0 Å². The molecule has 3 nitrogen and oxygen atoms in total. The van der Waals surface area contributed by atoms with Crippen LogP contribution < -0.4 is 0 Å². The standard InChI is InChI=1S/C12H18ClN3S/c1-3-16(4-2)6-5-11-14-10-8-17-7-9(10)12(13)15-11/h3-8H2,1-2H3. The second kappa shape index (κ2) is 6.03. The Morgan fingerprint density at radius 3 is 2.71 bits per heavy atom. The van der Waals surface area contributed by atoms with Gasteiger partial charge in [-0.3, -0.25) is 0 Å². The number of thioether (sulfide) groups is 1. The van der Waals surface area contributed by atoms with Crippen molar-refractivity contribution in [1.82, 2.24) is 14.9 Å². The van der Waals surface area contributed by atoms with Crippen LogP contribution in [-0.4, -0.2) is 34.5 Å². The maximum atomic E-state index is 6.18. The van der Waals surface area contributed by atoms with Gasteiger partial charge in [-0.1, -0.05) is 25.4 Å². The molecule has 94 valence electrons. The highest BCUT2D eigenvalue weighted by molar-refractivity contribution is 7.98. The Balaban J connectivity index is 2.05. The highest BCUT2D eigenvalue weighted by Crippen LogP contribution is 2.32. The Hall–Kier alpha value is -0.320. The minimum absolute atomic E-state index is 0.662. The van der Waals surface area contributed by atoms with Gasteiger partial charge in [0.2, 0.25) is 0 Å². The van der Waals surface area contributed by atoms with Gasteiger partial charge in [0.15, 0.2) is 0 Å². The van der Waals surface area contributed by atoms with E-state index in [-0.39, 0.29) is 0 Å². The number of fused-ring (bicyclic) bond motifs is 1. The van der Waals surface area contributed by atoms with Gasteiger partial charge in [0.1, 0.15) is 11.0 Å². The van der Waals surface area contributed by atoms with Crippen molar-refractivity contribution in [1.29, 1.82) is 0 Å². The zero-order chi connectivity index (χ0) is 12.3. The maximum Gasteiger partial charge on any atom is 0.137 e. The van der Waals surface area contributed by atoms with Gasteiger partial charge >= 0.3 is 0 Å². The van der Waals surface area contributed by atoms with Crippen LogP contribution >= 0.6 is 23.4 Å². The molecule has 0 fully saturated rings. The molecule has 0 N–H and O–H groups in total. The van der Waals surface area contributed by atoms with E-state index in [1.807, 2.05) is 11.8 Å². The van der Waals surface area contributed by atoms with E-state index in [1.54, 1.807) is 0 Å². The lowest BCUT2D eigenvalue weighted by Gasteiger charge is -2.17. The van der Waals surface area contributed by atoms with Crippen LogP contribution in [0.1, 0.15) is 30.9 Å². The van der Waals surface area contributed by atoms with E-state index in [0.717, 1.165) is 54.6 Å². The van der Waals surface area contributed by atoms with E-state index < -0.39 is 0 Å². The maximum absolute atomic E-state index is 6.18. The molecule has 1 aromatic heterocycles. The summed E-state index contributed by atoms with van der Waals surface area (Å²) in [6.45, 7) is 7.51. The van der Waals surface area contributed by atoms with E-state index in [0.29, 0.717) is 5.15 Å². The van der Waals surface area contributed by atoms with Crippen LogP contribution in [0.3, 0.4) is 0 Å². The summed E-state index contributed by atoms with van der Waals surface area (Å²) in [6, 6.07) is 0. The molecule has 0 aliphatic carbocycles. The third-order valence-electron chi connectivity index (χ3n) is 3.12. The van der Waals surface area contributed by atoms with Crippen molar-refractivity contribution in [3.05, 3.63) is 22.2 Å². The molecule has 17 heavy (non-hydrogen) atoms. The summed E-state index contributed by atoms with van der Waals surface area (Å²) >= 11 is 8.04. The fraction of sp³-hybridized carbons (Fsp3) is 0.667. The van der Waals surface area contributed by atoms with Crippen LogP contribution in [-0.2, 0) is 17.9 Å². The third kappa shape index (κ3) is 3.12. The molecule has 0 bridgehead atoms. The summed E-state index contributed by atoms with van der Waals surface area (Å²) in [7, 11) is 0. The monoisotopic (exact) mass is 271 g/mol. The molecule has 1 aliphatic rings. The molecular weight excluding hydrogens is 254 g/mol. The molecule has 0 aromatic carbocycles. The van der Waals surface area contributed by atoms with E-state index in [1.165, 1.54) is 0 Å². The summed E-state index contributed by atoms with van der Waals surface area (Å²) < 4.78 is 0. The summed E-state index contributed by atoms with van der Waals surface area (Å²) in [5.41, 5.74) is 2.29. The lowest BCUT2D eigenvalue weighted by atomic mass is 10.2. The third-order valence-corrected chi connectivity index (χ3v) is 4.40. The first kappa shape index (κ1) is 13.1. The van der Waals surface area contributed by atoms with Crippen molar-refractivity contribution in [2.24, 2.45) is 0 Å². The van der Waals surface area contributed by atoms with Crippen LogP contribution in [0.5, 0.6) is 0 Å². The molecular formula is C12H18ClN3S. The van der Waals surface area contributed by atoms with E-state index in [4.69, 9.17) is 11.6 Å². The minimum atomic E-state index is 0.662. The molecule has 0 unspecified atom stereocenters. The van der Waals surface area contributed by atoms with Crippen molar-refractivity contribution in [2.45, 2.75) is 31.8 Å². The molecule has 0 saturated heterocycles. The molecule has 0 amide bonds. The summed E-state index contributed by atoms with van der Waals surface area (Å²) in [6.07, 6.45) is 0.888. The zero-order valence-electron chi connectivity index (χ0n) is 10.4. The Morgan fingerprint density at radius 1 is 1.24 bits per heavy atom. The van der Waals surface area contributed by atoms with Crippen LogP contribution in [0.2, 0.25) is 5.15 Å². The summed E-state index contributed by atoms with van der Waals surface area (Å²) in [4.78, 5) is 11.4. The normalized spacial score (nSPS) is 14.4. The molecule has 0 atom stereocenters. The van der Waals surface area contributed by atoms with Gasteiger partial charge in [0.05, 0.1) is 5.69 Å². The first-order chi connectivity index (χ1) is 8.24. The molecule has 0 spiro atoms.